The van der Waals surface area contributed by atoms with Crippen molar-refractivity contribution in [3.05, 3.63) is 101 Å². The molecule has 0 bridgehead atoms. The van der Waals surface area contributed by atoms with Gasteiger partial charge in [-0.25, -0.2) is 4.39 Å². The van der Waals surface area contributed by atoms with Crippen LogP contribution in [0.1, 0.15) is 28.3 Å². The molecule has 2 nitrogen and oxygen atoms in total. The monoisotopic (exact) mass is 364 g/mol. The van der Waals surface area contributed by atoms with Crippen molar-refractivity contribution in [3.8, 4) is 0 Å². The number of nitrogens with one attached hydrogen (secondary N) is 2. The van der Waals surface area contributed by atoms with Gasteiger partial charge < -0.3 is 10.6 Å². The van der Waals surface area contributed by atoms with Gasteiger partial charge in [0.2, 0.25) is 0 Å². The highest BCUT2D eigenvalue weighted by Crippen LogP contribution is 2.26. The zero-order valence-electron chi connectivity index (χ0n) is 14.8. The summed E-state index contributed by atoms with van der Waals surface area (Å²) in [5.74, 6) is -0.299. The third-order valence-corrected chi connectivity index (χ3v) is 4.45. The number of benzene rings is 3. The summed E-state index contributed by atoms with van der Waals surface area (Å²) in [4.78, 5) is 0. The van der Waals surface area contributed by atoms with Crippen molar-refractivity contribution in [3.63, 3.8) is 0 Å². The molecule has 0 aliphatic carbocycles. The van der Waals surface area contributed by atoms with Gasteiger partial charge >= 0.3 is 0 Å². The largest absolute Gasteiger partial charge is 0.352 e. The maximum Gasteiger partial charge on any atom is 0.171 e. The zero-order chi connectivity index (χ0) is 18.5. The standard InChI is InChI=1S/C22H21FN2S/c1-15-11-12-20(16(2)13-15)21(17-7-4-3-5-8-17)25-22(26)24-19-10-6-9-18(23)14-19/h3-14,21H,1-2H3,(H2,24,25,26)/t21-/m1/s1. The molecule has 2 N–H and O–H groups in total. The van der Waals surface area contributed by atoms with Crippen LogP contribution in [0.2, 0.25) is 0 Å². The summed E-state index contributed by atoms with van der Waals surface area (Å²) in [6, 6.07) is 22.7. The molecule has 0 unspecified atom stereocenters. The molecule has 0 amide bonds. The number of anilines is 1. The lowest BCUT2D eigenvalue weighted by Crippen LogP contribution is -2.33. The van der Waals surface area contributed by atoms with Crippen molar-refractivity contribution in [2.45, 2.75) is 19.9 Å². The van der Waals surface area contributed by atoms with Gasteiger partial charge in [-0.15, -0.1) is 0 Å². The van der Waals surface area contributed by atoms with Crippen LogP contribution in [0.15, 0.2) is 72.8 Å². The molecule has 1 atom stereocenters. The summed E-state index contributed by atoms with van der Waals surface area (Å²) in [5.41, 5.74) is 5.31. The summed E-state index contributed by atoms with van der Waals surface area (Å²) in [6.07, 6.45) is 0. The van der Waals surface area contributed by atoms with Gasteiger partial charge in [0, 0.05) is 5.69 Å². The first-order chi connectivity index (χ1) is 12.5. The van der Waals surface area contributed by atoms with Crippen LogP contribution in [0.5, 0.6) is 0 Å². The first kappa shape index (κ1) is 18.1. The Morgan fingerprint density at radius 2 is 1.69 bits per heavy atom. The average molecular weight is 364 g/mol. The Kier molecular flexibility index (Phi) is 5.64. The molecule has 132 valence electrons. The zero-order valence-corrected chi connectivity index (χ0v) is 15.6. The van der Waals surface area contributed by atoms with Crippen LogP contribution in [-0.2, 0) is 0 Å². The third-order valence-electron chi connectivity index (χ3n) is 4.23. The Hall–Kier alpha value is -2.72. The first-order valence-corrected chi connectivity index (χ1v) is 8.89. The molecule has 3 aromatic rings. The number of hydrogen-bond acceptors (Lipinski definition) is 1. The molecule has 4 heteroatoms. The van der Waals surface area contributed by atoms with E-state index in [4.69, 9.17) is 12.2 Å². The number of rotatable bonds is 4. The van der Waals surface area contributed by atoms with Crippen molar-refractivity contribution in [1.29, 1.82) is 0 Å². The number of aryl methyl sites for hydroxylation is 2. The van der Waals surface area contributed by atoms with Crippen molar-refractivity contribution >= 4 is 23.0 Å². The van der Waals surface area contributed by atoms with Crippen molar-refractivity contribution in [2.24, 2.45) is 0 Å². The number of hydrogen-bond donors (Lipinski definition) is 2. The van der Waals surface area contributed by atoms with Gasteiger partial charge in [0.15, 0.2) is 5.11 Å². The van der Waals surface area contributed by atoms with Crippen LogP contribution >= 0.6 is 12.2 Å². The molecular weight excluding hydrogens is 343 g/mol. The summed E-state index contributed by atoms with van der Waals surface area (Å²) in [6.45, 7) is 4.18. The summed E-state index contributed by atoms with van der Waals surface area (Å²) < 4.78 is 13.4. The van der Waals surface area contributed by atoms with Crippen LogP contribution in [0, 0.1) is 19.7 Å². The Bertz CT molecular complexity index is 909. The van der Waals surface area contributed by atoms with E-state index in [-0.39, 0.29) is 11.9 Å². The predicted octanol–water partition coefficient (Wildman–Crippen LogP) is 5.52. The van der Waals surface area contributed by atoms with E-state index in [1.807, 2.05) is 18.2 Å². The van der Waals surface area contributed by atoms with E-state index in [9.17, 15) is 4.39 Å². The van der Waals surface area contributed by atoms with Gasteiger partial charge in [-0.1, -0.05) is 60.2 Å². The molecule has 0 fully saturated rings. The smallest absolute Gasteiger partial charge is 0.171 e. The van der Waals surface area contributed by atoms with Gasteiger partial charge in [0.05, 0.1) is 6.04 Å². The SMILES string of the molecule is Cc1ccc([C@H](NC(=S)Nc2cccc(F)c2)c2ccccc2)c(C)c1. The first-order valence-electron chi connectivity index (χ1n) is 8.48. The maximum atomic E-state index is 13.4. The Morgan fingerprint density at radius 1 is 0.923 bits per heavy atom. The molecule has 26 heavy (non-hydrogen) atoms. The quantitative estimate of drug-likeness (QED) is 0.596. The highest BCUT2D eigenvalue weighted by atomic mass is 32.1. The highest BCUT2D eigenvalue weighted by molar-refractivity contribution is 7.80. The molecule has 3 aromatic carbocycles. The molecule has 0 saturated carbocycles. The summed E-state index contributed by atoms with van der Waals surface area (Å²) in [7, 11) is 0. The lowest BCUT2D eigenvalue weighted by molar-refractivity contribution is 0.628. The highest BCUT2D eigenvalue weighted by Gasteiger charge is 2.17. The average Bonchev–Trinajstić information content (AvgIpc) is 2.61. The van der Waals surface area contributed by atoms with Gasteiger partial charge in [-0.2, -0.15) is 0 Å². The minimum absolute atomic E-state index is 0.0923. The minimum Gasteiger partial charge on any atom is -0.352 e. The fourth-order valence-electron chi connectivity index (χ4n) is 3.00. The van der Waals surface area contributed by atoms with E-state index in [1.54, 1.807) is 12.1 Å². The molecule has 0 heterocycles. The van der Waals surface area contributed by atoms with Gasteiger partial charge in [-0.05, 0) is 61.0 Å². The van der Waals surface area contributed by atoms with Crippen LogP contribution < -0.4 is 10.6 Å². The van der Waals surface area contributed by atoms with E-state index in [1.165, 1.54) is 23.3 Å². The van der Waals surface area contributed by atoms with E-state index < -0.39 is 0 Å². The fourth-order valence-corrected chi connectivity index (χ4v) is 3.24. The second kappa shape index (κ2) is 8.11. The number of thiocarbonyl (C=S) groups is 1. The Labute approximate surface area is 159 Å². The van der Waals surface area contributed by atoms with E-state index >= 15 is 0 Å². The Balaban J connectivity index is 1.87. The van der Waals surface area contributed by atoms with Crippen molar-refractivity contribution in [1.82, 2.24) is 5.32 Å². The normalized spacial score (nSPS) is 11.7. The minimum atomic E-state index is -0.299. The van der Waals surface area contributed by atoms with Crippen LogP contribution in [-0.4, -0.2) is 5.11 Å². The lowest BCUT2D eigenvalue weighted by atomic mass is 9.94. The molecule has 0 aliphatic heterocycles. The molecular formula is C22H21FN2S. The third kappa shape index (κ3) is 4.46. The Morgan fingerprint density at radius 3 is 2.38 bits per heavy atom. The second-order valence-corrected chi connectivity index (χ2v) is 6.72. The molecule has 3 rings (SSSR count). The van der Waals surface area contributed by atoms with E-state index in [0.717, 1.165) is 11.1 Å². The molecule has 0 radical (unpaired) electrons. The summed E-state index contributed by atoms with van der Waals surface area (Å²) >= 11 is 5.48. The molecule has 0 saturated heterocycles. The maximum absolute atomic E-state index is 13.4. The van der Waals surface area contributed by atoms with E-state index in [2.05, 4.69) is 54.8 Å². The van der Waals surface area contributed by atoms with Crippen LogP contribution in [0.4, 0.5) is 10.1 Å². The lowest BCUT2D eigenvalue weighted by Gasteiger charge is -2.24. The van der Waals surface area contributed by atoms with Gasteiger partial charge in [-0.3, -0.25) is 0 Å². The van der Waals surface area contributed by atoms with Gasteiger partial charge in [0.25, 0.3) is 0 Å². The van der Waals surface area contributed by atoms with Crippen molar-refractivity contribution in [2.75, 3.05) is 5.32 Å². The van der Waals surface area contributed by atoms with Crippen LogP contribution in [0.3, 0.4) is 0 Å². The molecule has 0 aromatic heterocycles. The molecule has 0 aliphatic rings. The molecule has 0 spiro atoms. The van der Waals surface area contributed by atoms with Crippen molar-refractivity contribution < 1.29 is 4.39 Å². The van der Waals surface area contributed by atoms with Crippen LogP contribution in [0.25, 0.3) is 0 Å². The second-order valence-electron chi connectivity index (χ2n) is 6.31. The number of halogens is 1. The fraction of sp³-hybridized carbons (Fsp3) is 0.136. The summed E-state index contributed by atoms with van der Waals surface area (Å²) in [5, 5.41) is 6.89. The topological polar surface area (TPSA) is 24.1 Å². The van der Waals surface area contributed by atoms with Gasteiger partial charge in [0.1, 0.15) is 5.82 Å². The predicted molar refractivity (Wildman–Crippen MR) is 110 cm³/mol. The van der Waals surface area contributed by atoms with E-state index in [0.29, 0.717) is 10.8 Å².